The highest BCUT2D eigenvalue weighted by Crippen LogP contribution is 2.43. The fourth-order valence-corrected chi connectivity index (χ4v) is 4.45. The first kappa shape index (κ1) is 24.0. The van der Waals surface area contributed by atoms with Gasteiger partial charge in [-0.25, -0.2) is 15.0 Å². The number of nitrogens with two attached hydrogens (primary N) is 1. The fourth-order valence-electron chi connectivity index (χ4n) is 4.45. The van der Waals surface area contributed by atoms with Gasteiger partial charge in [0.1, 0.15) is 5.82 Å². The van der Waals surface area contributed by atoms with Gasteiger partial charge in [0.05, 0.1) is 30.8 Å². The number of anilines is 4. The molecule has 2 atom stereocenters. The molecule has 3 aliphatic rings. The zero-order valence-corrected chi connectivity index (χ0v) is 20.4. The Balaban J connectivity index is 0.000000140. The highest BCUT2D eigenvalue weighted by Gasteiger charge is 2.38. The van der Waals surface area contributed by atoms with Crippen LogP contribution in [0.1, 0.15) is 35.0 Å². The molecule has 0 unspecified atom stereocenters. The van der Waals surface area contributed by atoms with Gasteiger partial charge in [0.25, 0.3) is 11.5 Å². The van der Waals surface area contributed by atoms with Crippen molar-refractivity contribution in [3.8, 4) is 0 Å². The van der Waals surface area contributed by atoms with Gasteiger partial charge in [-0.15, -0.1) is 0 Å². The van der Waals surface area contributed by atoms with E-state index < -0.39 is 18.1 Å². The van der Waals surface area contributed by atoms with E-state index in [1.807, 2.05) is 19.1 Å². The summed E-state index contributed by atoms with van der Waals surface area (Å²) >= 11 is 0. The average molecular weight is 520 g/mol. The summed E-state index contributed by atoms with van der Waals surface area (Å²) < 4.78 is 12.1. The number of pyridine rings is 2. The number of aryl methyl sites for hydroxylation is 1. The van der Waals surface area contributed by atoms with E-state index in [1.54, 1.807) is 23.0 Å². The molecule has 0 spiro atoms. The fraction of sp³-hybridized carbons (Fsp3) is 0.333. The maximum absolute atomic E-state index is 12.4. The number of aliphatic hydroxyl groups excluding tert-OH is 1. The second-order valence-corrected chi connectivity index (χ2v) is 9.07. The number of nitrogens with one attached hydrogen (secondary N) is 2. The van der Waals surface area contributed by atoms with Gasteiger partial charge >= 0.3 is 0 Å². The first-order chi connectivity index (χ1) is 18.4. The lowest BCUT2D eigenvalue weighted by molar-refractivity contribution is -0.0980. The number of hydrogen-bond acceptors (Lipinski definition) is 11. The van der Waals surface area contributed by atoms with Gasteiger partial charge in [0, 0.05) is 18.4 Å². The number of hydrogen-bond donors (Lipinski definition) is 4. The monoisotopic (exact) mass is 519 g/mol. The summed E-state index contributed by atoms with van der Waals surface area (Å²) in [5, 5.41) is 11.9. The Labute approximate surface area is 215 Å². The Hall–Kier alpha value is -4.40. The zero-order chi connectivity index (χ0) is 26.4. The van der Waals surface area contributed by atoms with Crippen LogP contribution < -0.4 is 21.5 Å². The molecule has 196 valence electrons. The van der Waals surface area contributed by atoms with Gasteiger partial charge in [-0.2, -0.15) is 4.98 Å². The molecule has 0 aromatic carbocycles. The molecule has 1 saturated carbocycles. The summed E-state index contributed by atoms with van der Waals surface area (Å²) in [6.45, 7) is 1.99. The number of aliphatic hydroxyl groups is 1. The van der Waals surface area contributed by atoms with E-state index in [-0.39, 0.29) is 30.6 Å². The molecule has 14 nitrogen and oxygen atoms in total. The Morgan fingerprint density at radius 2 is 1.97 bits per heavy atom. The molecule has 14 heteroatoms. The van der Waals surface area contributed by atoms with Gasteiger partial charge < -0.3 is 30.5 Å². The van der Waals surface area contributed by atoms with E-state index in [4.69, 9.17) is 20.3 Å². The number of aromatic nitrogens is 6. The van der Waals surface area contributed by atoms with Crippen LogP contribution in [0.4, 0.5) is 23.3 Å². The molecular formula is C24H25N9O5. The second-order valence-electron chi connectivity index (χ2n) is 9.07. The van der Waals surface area contributed by atoms with E-state index in [0.717, 1.165) is 29.9 Å². The standard InChI is InChI=1S/C15H14N4O.C9H11N5O4/c1-9-6-8-17-14-12(9)18-15(20)11-3-2-7-16-13(11)19(14)10-4-5-10;10-9-12-7-6(8(16)13-9)11-3-14(7)4-2-17-5(1-15)18-4/h2-3,6-8,10H,4-5H2,1H3,(H,18,20);3-5,15H,1-2H2,(H3,10,12,13,16)/t;4-,5-/m.1/s1. The van der Waals surface area contributed by atoms with Crippen molar-refractivity contribution in [2.24, 2.45) is 0 Å². The molecule has 38 heavy (non-hydrogen) atoms. The molecule has 4 aromatic heterocycles. The first-order valence-corrected chi connectivity index (χ1v) is 12.1. The molecular weight excluding hydrogens is 494 g/mol. The van der Waals surface area contributed by atoms with Crippen LogP contribution in [0.25, 0.3) is 11.2 Å². The average Bonchev–Trinajstić information content (AvgIpc) is 3.49. The minimum absolute atomic E-state index is 0.00636. The summed E-state index contributed by atoms with van der Waals surface area (Å²) in [6.07, 6.45) is 6.00. The van der Waals surface area contributed by atoms with Crippen LogP contribution in [0.15, 0.2) is 41.7 Å². The number of rotatable bonds is 3. The van der Waals surface area contributed by atoms with Crippen molar-refractivity contribution in [3.63, 3.8) is 0 Å². The highest BCUT2D eigenvalue weighted by molar-refractivity contribution is 6.11. The van der Waals surface area contributed by atoms with Gasteiger partial charge in [-0.3, -0.25) is 19.1 Å². The van der Waals surface area contributed by atoms with Gasteiger partial charge in [-0.1, -0.05) is 0 Å². The van der Waals surface area contributed by atoms with Crippen LogP contribution in [0.5, 0.6) is 0 Å². The van der Waals surface area contributed by atoms with Crippen molar-refractivity contribution in [1.29, 1.82) is 0 Å². The molecule has 1 aliphatic carbocycles. The van der Waals surface area contributed by atoms with Crippen molar-refractivity contribution in [1.82, 2.24) is 29.5 Å². The van der Waals surface area contributed by atoms with Crippen LogP contribution in [-0.2, 0) is 9.47 Å². The molecule has 5 N–H and O–H groups in total. The minimum atomic E-state index is -0.674. The van der Waals surface area contributed by atoms with Crippen LogP contribution in [-0.4, -0.2) is 66.0 Å². The quantitative estimate of drug-likeness (QED) is 0.305. The predicted molar refractivity (Wildman–Crippen MR) is 136 cm³/mol. The number of imidazole rings is 1. The normalized spacial score (nSPS) is 20.3. The number of carbonyl (C=O) groups excluding carboxylic acids is 1. The van der Waals surface area contributed by atoms with E-state index >= 15 is 0 Å². The number of nitrogens with zero attached hydrogens (tertiary/aromatic N) is 6. The van der Waals surface area contributed by atoms with E-state index in [2.05, 4.69) is 35.1 Å². The lowest BCUT2D eigenvalue weighted by Gasteiger charge is -2.23. The lowest BCUT2D eigenvalue weighted by Crippen LogP contribution is -2.22. The molecule has 2 aliphatic heterocycles. The van der Waals surface area contributed by atoms with Crippen LogP contribution in [0.2, 0.25) is 0 Å². The maximum Gasteiger partial charge on any atom is 0.280 e. The number of H-pyrrole nitrogens is 1. The van der Waals surface area contributed by atoms with Gasteiger partial charge in [0.2, 0.25) is 5.95 Å². The molecule has 1 saturated heterocycles. The Bertz CT molecular complexity index is 1580. The van der Waals surface area contributed by atoms with E-state index in [1.165, 1.54) is 6.33 Å². The SMILES string of the molecule is Cc1ccnc2c1NC(=O)c1cccnc1N2C1CC1.Nc1nc2c(ncn2[C@H]2CO[C@@H](CO)O2)c(=O)[nH]1. The van der Waals surface area contributed by atoms with Gasteiger partial charge in [0.15, 0.2) is 29.5 Å². The molecule has 7 rings (SSSR count). The minimum Gasteiger partial charge on any atom is -0.391 e. The van der Waals surface area contributed by atoms with Crippen LogP contribution >= 0.6 is 0 Å². The summed E-state index contributed by atoms with van der Waals surface area (Å²) in [5.74, 6) is 1.41. The van der Waals surface area contributed by atoms with Crippen molar-refractivity contribution in [2.75, 3.05) is 29.2 Å². The number of aromatic amines is 1. The summed E-state index contributed by atoms with van der Waals surface area (Å²) in [7, 11) is 0. The maximum atomic E-state index is 12.4. The molecule has 2 fully saturated rings. The highest BCUT2D eigenvalue weighted by atomic mass is 16.7. The van der Waals surface area contributed by atoms with Gasteiger partial charge in [-0.05, 0) is 43.5 Å². The van der Waals surface area contributed by atoms with Crippen LogP contribution in [0, 0.1) is 6.92 Å². The smallest absolute Gasteiger partial charge is 0.280 e. The van der Waals surface area contributed by atoms with Crippen molar-refractivity contribution in [3.05, 3.63) is 58.4 Å². The molecule has 4 aromatic rings. The largest absolute Gasteiger partial charge is 0.391 e. The molecule has 6 heterocycles. The van der Waals surface area contributed by atoms with Crippen molar-refractivity contribution < 1.29 is 19.4 Å². The summed E-state index contributed by atoms with van der Waals surface area (Å²) in [6, 6.07) is 5.91. The molecule has 1 amide bonds. The molecule has 0 radical (unpaired) electrons. The number of carbonyl (C=O) groups is 1. The Kier molecular flexibility index (Phi) is 5.98. The number of amides is 1. The van der Waals surface area contributed by atoms with E-state index in [9.17, 15) is 9.59 Å². The third kappa shape index (κ3) is 4.23. The third-order valence-electron chi connectivity index (χ3n) is 6.42. The number of nitrogen functional groups attached to an aromatic ring is 1. The second kappa shape index (κ2) is 9.48. The molecule has 0 bridgehead atoms. The summed E-state index contributed by atoms with van der Waals surface area (Å²) in [5.41, 5.74) is 8.00. The van der Waals surface area contributed by atoms with Crippen molar-refractivity contribution in [2.45, 2.75) is 38.3 Å². The predicted octanol–water partition coefficient (Wildman–Crippen LogP) is 1.22. The van der Waals surface area contributed by atoms with Crippen molar-refractivity contribution >= 4 is 40.3 Å². The number of ether oxygens (including phenoxy) is 2. The third-order valence-corrected chi connectivity index (χ3v) is 6.42. The zero-order valence-electron chi connectivity index (χ0n) is 20.4. The first-order valence-electron chi connectivity index (χ1n) is 12.1. The Morgan fingerprint density at radius 3 is 2.74 bits per heavy atom. The van der Waals surface area contributed by atoms with Crippen LogP contribution in [0.3, 0.4) is 0 Å². The summed E-state index contributed by atoms with van der Waals surface area (Å²) in [4.78, 5) is 45.3. The Morgan fingerprint density at radius 1 is 1.16 bits per heavy atom. The topological polar surface area (TPSA) is 186 Å². The van der Waals surface area contributed by atoms with E-state index in [0.29, 0.717) is 23.1 Å². The lowest BCUT2D eigenvalue weighted by atomic mass is 10.2. The number of fused-ring (bicyclic) bond motifs is 3.